The van der Waals surface area contributed by atoms with E-state index in [0.717, 1.165) is 18.1 Å². The van der Waals surface area contributed by atoms with Gasteiger partial charge in [-0.2, -0.15) is 0 Å². The molecule has 0 aliphatic rings. The third-order valence-electron chi connectivity index (χ3n) is 4.60. The molecule has 0 aliphatic carbocycles. The molecule has 31 heavy (non-hydrogen) atoms. The first-order chi connectivity index (χ1) is 14.8. The van der Waals surface area contributed by atoms with Gasteiger partial charge in [-0.1, -0.05) is 31.2 Å². The number of nitro groups is 1. The Morgan fingerprint density at radius 3 is 2.26 bits per heavy atom. The quantitative estimate of drug-likeness (QED) is 0.323. The molecule has 2 rings (SSSR count). The maximum atomic E-state index is 12.5. The van der Waals surface area contributed by atoms with Gasteiger partial charge in [0.1, 0.15) is 5.56 Å². The molecule has 0 N–H and O–H groups in total. The van der Waals surface area contributed by atoms with Crippen molar-refractivity contribution in [3.63, 3.8) is 0 Å². The molecule has 0 radical (unpaired) electrons. The molecule has 0 atom stereocenters. The number of hydrogen-bond acceptors (Lipinski definition) is 7. The van der Waals surface area contributed by atoms with Crippen LogP contribution in [0.4, 0.5) is 5.69 Å². The van der Waals surface area contributed by atoms with Crippen LogP contribution in [-0.2, 0) is 22.5 Å². The van der Waals surface area contributed by atoms with Crippen LogP contribution in [0.2, 0.25) is 0 Å². The molecule has 1 amide bonds. The molecule has 0 bridgehead atoms. The lowest BCUT2D eigenvalue weighted by molar-refractivity contribution is -0.385. The van der Waals surface area contributed by atoms with Gasteiger partial charge in [0, 0.05) is 19.7 Å². The summed E-state index contributed by atoms with van der Waals surface area (Å²) in [6.07, 6.45) is 0.924. The van der Waals surface area contributed by atoms with Crippen molar-refractivity contribution in [2.75, 3.05) is 27.4 Å². The predicted octanol–water partition coefficient (Wildman–Crippen LogP) is 3.38. The van der Waals surface area contributed by atoms with Gasteiger partial charge in [0.05, 0.1) is 24.7 Å². The molecule has 0 heterocycles. The number of carbonyl (C=O) groups is 2. The molecule has 9 heteroatoms. The number of rotatable bonds is 10. The molecule has 0 saturated carbocycles. The fourth-order valence-electron chi connectivity index (χ4n) is 2.85. The molecule has 9 nitrogen and oxygen atoms in total. The molecule has 166 valence electrons. The van der Waals surface area contributed by atoms with Gasteiger partial charge in [-0.05, 0) is 24.5 Å². The van der Waals surface area contributed by atoms with E-state index in [0.29, 0.717) is 6.54 Å². The molecular formula is C22H26N2O7. The lowest BCUT2D eigenvalue weighted by atomic mass is 10.1. The van der Waals surface area contributed by atoms with Gasteiger partial charge < -0.3 is 19.1 Å². The lowest BCUT2D eigenvalue weighted by Gasteiger charge is -2.17. The average molecular weight is 430 g/mol. The first-order valence-electron chi connectivity index (χ1n) is 9.78. The zero-order valence-electron chi connectivity index (χ0n) is 18.0. The van der Waals surface area contributed by atoms with Crippen LogP contribution in [0, 0.1) is 10.1 Å². The Balaban J connectivity index is 2.08. The van der Waals surface area contributed by atoms with E-state index in [1.807, 2.05) is 24.3 Å². The summed E-state index contributed by atoms with van der Waals surface area (Å²) in [5, 5.41) is 11.4. The Kier molecular flexibility index (Phi) is 8.36. The fraction of sp³-hybridized carbons (Fsp3) is 0.364. The van der Waals surface area contributed by atoms with E-state index in [1.54, 1.807) is 14.0 Å². The number of nitro benzene ring substituents is 1. The Hall–Kier alpha value is -3.62. The van der Waals surface area contributed by atoms with Crippen molar-refractivity contribution in [3.05, 3.63) is 63.2 Å². The van der Waals surface area contributed by atoms with Crippen LogP contribution in [0.1, 0.15) is 35.3 Å². The van der Waals surface area contributed by atoms with Crippen LogP contribution in [0.5, 0.6) is 11.5 Å². The Morgan fingerprint density at radius 2 is 1.71 bits per heavy atom. The third kappa shape index (κ3) is 6.18. The Bertz CT molecular complexity index is 942. The fourth-order valence-corrected chi connectivity index (χ4v) is 2.85. The number of likely N-dealkylation sites (N-methyl/N-ethyl adjacent to an activating group) is 1. The third-order valence-corrected chi connectivity index (χ3v) is 4.60. The van der Waals surface area contributed by atoms with Crippen molar-refractivity contribution in [2.24, 2.45) is 0 Å². The molecule has 0 aromatic heterocycles. The molecule has 2 aromatic carbocycles. The normalized spacial score (nSPS) is 10.3. The zero-order chi connectivity index (χ0) is 23.0. The van der Waals surface area contributed by atoms with Crippen LogP contribution < -0.4 is 9.47 Å². The van der Waals surface area contributed by atoms with Crippen LogP contribution in [0.15, 0.2) is 36.4 Å². The predicted molar refractivity (Wildman–Crippen MR) is 113 cm³/mol. The van der Waals surface area contributed by atoms with Gasteiger partial charge in [0.15, 0.2) is 18.1 Å². The first-order valence-corrected chi connectivity index (χ1v) is 9.78. The molecule has 2 aromatic rings. The smallest absolute Gasteiger partial charge is 0.345 e. The minimum absolute atomic E-state index is 0.137. The Labute approximate surface area is 180 Å². The van der Waals surface area contributed by atoms with Crippen molar-refractivity contribution >= 4 is 17.6 Å². The van der Waals surface area contributed by atoms with Crippen LogP contribution >= 0.6 is 0 Å². The highest BCUT2D eigenvalue weighted by Crippen LogP contribution is 2.35. The molecule has 0 unspecified atom stereocenters. The minimum atomic E-state index is -0.998. The van der Waals surface area contributed by atoms with E-state index in [1.165, 1.54) is 23.6 Å². The summed E-state index contributed by atoms with van der Waals surface area (Å²) in [6, 6.07) is 10.1. The standard InChI is InChI=1S/C22H26N2O7/c1-5-15-7-9-16(10-8-15)13-23(3)21(25)14-31-22(26)17-11-19(29-4)20(30-6-2)12-18(17)24(27)28/h7-12H,5-6,13-14H2,1-4H3. The first kappa shape index (κ1) is 23.7. The largest absolute Gasteiger partial charge is 0.493 e. The Morgan fingerprint density at radius 1 is 1.06 bits per heavy atom. The second kappa shape index (κ2) is 11.0. The minimum Gasteiger partial charge on any atom is -0.493 e. The molecule has 0 spiro atoms. The zero-order valence-corrected chi connectivity index (χ0v) is 18.0. The second-order valence-electron chi connectivity index (χ2n) is 6.71. The topological polar surface area (TPSA) is 108 Å². The number of aryl methyl sites for hydroxylation is 1. The van der Waals surface area contributed by atoms with E-state index in [2.05, 4.69) is 6.92 Å². The number of carbonyl (C=O) groups excluding carboxylic acids is 2. The maximum Gasteiger partial charge on any atom is 0.345 e. The number of methoxy groups -OCH3 is 1. The van der Waals surface area contributed by atoms with Gasteiger partial charge in [-0.15, -0.1) is 0 Å². The highest BCUT2D eigenvalue weighted by molar-refractivity contribution is 5.96. The molecule has 0 saturated heterocycles. The summed E-state index contributed by atoms with van der Waals surface area (Å²) in [7, 11) is 2.94. The maximum absolute atomic E-state index is 12.5. The number of esters is 1. The lowest BCUT2D eigenvalue weighted by Crippen LogP contribution is -2.30. The van der Waals surface area contributed by atoms with Crippen LogP contribution in [0.3, 0.4) is 0 Å². The van der Waals surface area contributed by atoms with E-state index >= 15 is 0 Å². The highest BCUT2D eigenvalue weighted by atomic mass is 16.6. The highest BCUT2D eigenvalue weighted by Gasteiger charge is 2.26. The van der Waals surface area contributed by atoms with Gasteiger partial charge >= 0.3 is 5.97 Å². The summed E-state index contributed by atoms with van der Waals surface area (Å²) in [4.78, 5) is 36.9. The SMILES string of the molecule is CCOc1cc([N+](=O)[O-])c(C(=O)OCC(=O)N(C)Cc2ccc(CC)cc2)cc1OC. The van der Waals surface area contributed by atoms with Crippen molar-refractivity contribution in [1.29, 1.82) is 0 Å². The summed E-state index contributed by atoms with van der Waals surface area (Å²) in [6.45, 7) is 3.84. The second-order valence-corrected chi connectivity index (χ2v) is 6.71. The van der Waals surface area contributed by atoms with Crippen molar-refractivity contribution < 1.29 is 28.7 Å². The van der Waals surface area contributed by atoms with E-state index < -0.39 is 29.1 Å². The molecular weight excluding hydrogens is 404 g/mol. The van der Waals surface area contributed by atoms with E-state index in [-0.39, 0.29) is 23.7 Å². The van der Waals surface area contributed by atoms with Crippen LogP contribution in [0.25, 0.3) is 0 Å². The van der Waals surface area contributed by atoms with Gasteiger partial charge in [0.2, 0.25) is 0 Å². The van der Waals surface area contributed by atoms with Crippen molar-refractivity contribution in [1.82, 2.24) is 4.90 Å². The summed E-state index contributed by atoms with van der Waals surface area (Å²) in [5.74, 6) is -1.15. The van der Waals surface area contributed by atoms with Crippen LogP contribution in [-0.4, -0.2) is 49.1 Å². The van der Waals surface area contributed by atoms with E-state index in [4.69, 9.17) is 14.2 Å². The van der Waals surface area contributed by atoms with Crippen molar-refractivity contribution in [2.45, 2.75) is 26.8 Å². The number of hydrogen-bond donors (Lipinski definition) is 0. The molecule has 0 aliphatic heterocycles. The number of nitrogens with zero attached hydrogens (tertiary/aromatic N) is 2. The van der Waals surface area contributed by atoms with Gasteiger partial charge in [0.25, 0.3) is 11.6 Å². The van der Waals surface area contributed by atoms with Gasteiger partial charge in [-0.25, -0.2) is 4.79 Å². The summed E-state index contributed by atoms with van der Waals surface area (Å²) < 4.78 is 15.5. The molecule has 0 fully saturated rings. The summed E-state index contributed by atoms with van der Waals surface area (Å²) >= 11 is 0. The van der Waals surface area contributed by atoms with E-state index in [9.17, 15) is 19.7 Å². The number of ether oxygens (including phenoxy) is 3. The number of amides is 1. The van der Waals surface area contributed by atoms with Crippen molar-refractivity contribution in [3.8, 4) is 11.5 Å². The summed E-state index contributed by atoms with van der Waals surface area (Å²) in [5.41, 5.74) is 1.31. The average Bonchev–Trinajstić information content (AvgIpc) is 2.77. The van der Waals surface area contributed by atoms with Gasteiger partial charge in [-0.3, -0.25) is 14.9 Å². The number of benzene rings is 2. The monoisotopic (exact) mass is 430 g/mol.